The summed E-state index contributed by atoms with van der Waals surface area (Å²) in [6.07, 6.45) is 7.05. The largest absolute Gasteiger partial charge is 0.465 e. The average Bonchev–Trinajstić information content (AvgIpc) is 3.56. The van der Waals surface area contributed by atoms with Crippen molar-refractivity contribution in [3.05, 3.63) is 83.6 Å². The number of hydrogen-bond donors (Lipinski definition) is 2. The van der Waals surface area contributed by atoms with Crippen LogP contribution >= 0.6 is 0 Å². The number of carbonyl (C=O) groups excluding carboxylic acids is 2. The number of furan rings is 1. The Morgan fingerprint density at radius 3 is 2.69 bits per heavy atom. The van der Waals surface area contributed by atoms with Crippen LogP contribution in [0, 0.1) is 5.92 Å². The van der Waals surface area contributed by atoms with Gasteiger partial charge in [-0.3, -0.25) is 4.79 Å². The molecule has 3 heterocycles. The number of aromatic nitrogens is 2. The van der Waals surface area contributed by atoms with Crippen LogP contribution in [-0.4, -0.2) is 35.1 Å². The number of fused-ring (bicyclic) bond motifs is 1. The van der Waals surface area contributed by atoms with Gasteiger partial charge in [0.15, 0.2) is 5.69 Å². The molecule has 1 saturated carbocycles. The molecule has 36 heavy (non-hydrogen) atoms. The van der Waals surface area contributed by atoms with Gasteiger partial charge < -0.3 is 24.4 Å². The summed E-state index contributed by atoms with van der Waals surface area (Å²) < 4.78 is 12.3. The maximum Gasteiger partial charge on any atom is 0.356 e. The number of methoxy groups -OCH3 is 1. The molecule has 1 aromatic carbocycles. The number of esters is 1. The fourth-order valence-electron chi connectivity index (χ4n) is 4.16. The zero-order chi connectivity index (χ0) is 25.1. The quantitative estimate of drug-likeness (QED) is 0.312. The Morgan fingerprint density at radius 1 is 1.19 bits per heavy atom. The normalized spacial score (nSPS) is 13.6. The van der Waals surface area contributed by atoms with Crippen LogP contribution in [0.25, 0.3) is 17.1 Å². The fourth-order valence-corrected chi connectivity index (χ4v) is 4.16. The topological polar surface area (TPSA) is 98.4 Å². The maximum absolute atomic E-state index is 13.0. The number of hydrogen-bond acceptors (Lipinski definition) is 6. The molecular weight excluding hydrogens is 456 g/mol. The molecule has 0 radical (unpaired) electrons. The minimum absolute atomic E-state index is 0.0216. The highest BCUT2D eigenvalue weighted by atomic mass is 16.5. The van der Waals surface area contributed by atoms with E-state index in [4.69, 9.17) is 14.1 Å². The van der Waals surface area contributed by atoms with Gasteiger partial charge in [-0.25, -0.2) is 9.78 Å². The molecule has 1 fully saturated rings. The van der Waals surface area contributed by atoms with Crippen LogP contribution in [0.15, 0.2) is 71.0 Å². The third kappa shape index (κ3) is 5.02. The van der Waals surface area contributed by atoms with Crippen LogP contribution in [0.4, 0.5) is 11.4 Å². The van der Waals surface area contributed by atoms with Gasteiger partial charge in [0.2, 0.25) is 5.91 Å². The lowest BCUT2D eigenvalue weighted by molar-refractivity contribution is -0.117. The molecular formula is C28H28N4O4. The van der Waals surface area contributed by atoms with Gasteiger partial charge in [-0.15, -0.1) is 0 Å². The minimum atomic E-state index is -0.526. The lowest BCUT2D eigenvalue weighted by atomic mass is 10.2. The van der Waals surface area contributed by atoms with E-state index in [1.165, 1.54) is 7.11 Å². The molecule has 0 bridgehead atoms. The van der Waals surface area contributed by atoms with Crippen LogP contribution in [0.3, 0.4) is 0 Å². The number of anilines is 2. The van der Waals surface area contributed by atoms with Crippen molar-refractivity contribution in [3.63, 3.8) is 0 Å². The van der Waals surface area contributed by atoms with Gasteiger partial charge in [0, 0.05) is 24.4 Å². The molecule has 1 amide bonds. The van der Waals surface area contributed by atoms with E-state index >= 15 is 0 Å². The third-order valence-corrected chi connectivity index (χ3v) is 6.16. The molecule has 8 nitrogen and oxygen atoms in total. The van der Waals surface area contributed by atoms with Crippen molar-refractivity contribution < 1.29 is 18.7 Å². The van der Waals surface area contributed by atoms with Gasteiger partial charge in [0.25, 0.3) is 0 Å². The number of carbonyl (C=O) groups is 2. The third-order valence-electron chi connectivity index (χ3n) is 6.16. The van der Waals surface area contributed by atoms with Crippen LogP contribution < -0.4 is 10.6 Å². The van der Waals surface area contributed by atoms with E-state index in [0.717, 1.165) is 35.4 Å². The first-order valence-corrected chi connectivity index (χ1v) is 11.9. The van der Waals surface area contributed by atoms with Gasteiger partial charge >= 0.3 is 5.97 Å². The number of nitrogens with one attached hydrogen (secondary N) is 2. The van der Waals surface area contributed by atoms with E-state index in [-0.39, 0.29) is 17.5 Å². The SMILES string of the molecule is COC(=O)c1c(NC(=O)C2CC2)c2cc(NC/C(C)=C/c3ccco3)cnc2n1Cc1ccccc1. The Bertz CT molecular complexity index is 1420. The molecule has 2 N–H and O–H groups in total. The van der Waals surface area contributed by atoms with E-state index in [1.807, 2.05) is 66.1 Å². The molecule has 1 aliphatic rings. The molecule has 1 aliphatic carbocycles. The number of ether oxygens (including phenoxy) is 1. The summed E-state index contributed by atoms with van der Waals surface area (Å²) >= 11 is 0. The predicted molar refractivity (Wildman–Crippen MR) is 139 cm³/mol. The summed E-state index contributed by atoms with van der Waals surface area (Å²) in [5.41, 5.74) is 4.16. The zero-order valence-corrected chi connectivity index (χ0v) is 20.3. The van der Waals surface area contributed by atoms with E-state index in [9.17, 15) is 9.59 Å². The second-order valence-electron chi connectivity index (χ2n) is 9.01. The Balaban J connectivity index is 1.54. The predicted octanol–water partition coefficient (Wildman–Crippen LogP) is 5.33. The highest BCUT2D eigenvalue weighted by molar-refractivity contribution is 6.11. The Morgan fingerprint density at radius 2 is 2.00 bits per heavy atom. The number of amides is 1. The number of pyridine rings is 1. The smallest absolute Gasteiger partial charge is 0.356 e. The molecule has 0 spiro atoms. The standard InChI is InChI=1S/C28H28N4O4/c1-18(13-22-9-6-12-36-22)15-29-21-14-23-24(31-27(33)20-10-11-20)25(28(34)35-2)32(26(23)30-16-21)17-19-7-4-3-5-8-19/h3-9,12-14,16,20,29H,10-11,15,17H2,1-2H3,(H,31,33)/b18-13+. The van der Waals surface area contributed by atoms with Crippen molar-refractivity contribution in [1.82, 2.24) is 9.55 Å². The Hall–Kier alpha value is -4.33. The van der Waals surface area contributed by atoms with Crippen molar-refractivity contribution in [2.45, 2.75) is 26.3 Å². The summed E-state index contributed by atoms with van der Waals surface area (Å²) in [6.45, 7) is 2.99. The Labute approximate surface area is 209 Å². The average molecular weight is 485 g/mol. The van der Waals surface area contributed by atoms with Crippen molar-refractivity contribution in [1.29, 1.82) is 0 Å². The number of benzene rings is 1. The van der Waals surface area contributed by atoms with Gasteiger partial charge in [0.05, 0.1) is 30.9 Å². The molecule has 0 atom stereocenters. The second-order valence-corrected chi connectivity index (χ2v) is 9.01. The molecule has 4 aromatic rings. The number of nitrogens with zero attached hydrogens (tertiary/aromatic N) is 2. The molecule has 0 aliphatic heterocycles. The van der Waals surface area contributed by atoms with Crippen LogP contribution in [-0.2, 0) is 16.1 Å². The van der Waals surface area contributed by atoms with Gasteiger partial charge in [-0.2, -0.15) is 0 Å². The van der Waals surface area contributed by atoms with E-state index in [0.29, 0.717) is 29.8 Å². The van der Waals surface area contributed by atoms with E-state index in [1.54, 1.807) is 12.5 Å². The highest BCUT2D eigenvalue weighted by Crippen LogP contribution is 2.36. The molecule has 8 heteroatoms. The first-order valence-electron chi connectivity index (χ1n) is 11.9. The first-order chi connectivity index (χ1) is 17.5. The van der Waals surface area contributed by atoms with Crippen LogP contribution in [0.5, 0.6) is 0 Å². The molecule has 0 unspecified atom stereocenters. The van der Waals surface area contributed by atoms with Gasteiger partial charge in [-0.05, 0) is 49.6 Å². The molecule has 0 saturated heterocycles. The number of rotatable bonds is 9. The van der Waals surface area contributed by atoms with Crippen molar-refractivity contribution in [2.24, 2.45) is 5.92 Å². The summed E-state index contributed by atoms with van der Waals surface area (Å²) in [4.78, 5) is 30.5. The van der Waals surface area contributed by atoms with E-state index < -0.39 is 5.97 Å². The van der Waals surface area contributed by atoms with Crippen LogP contribution in [0.1, 0.15) is 41.6 Å². The summed E-state index contributed by atoms with van der Waals surface area (Å²) in [7, 11) is 1.34. The Kier molecular flexibility index (Phi) is 6.58. The molecule has 184 valence electrons. The lowest BCUT2D eigenvalue weighted by Crippen LogP contribution is -2.18. The van der Waals surface area contributed by atoms with Crippen molar-refractivity contribution in [3.8, 4) is 0 Å². The van der Waals surface area contributed by atoms with Crippen molar-refractivity contribution in [2.75, 3.05) is 24.3 Å². The molecule has 5 rings (SSSR count). The second kappa shape index (κ2) is 10.1. The van der Waals surface area contributed by atoms with E-state index in [2.05, 4.69) is 10.6 Å². The summed E-state index contributed by atoms with van der Waals surface area (Å²) in [5.74, 6) is 0.150. The van der Waals surface area contributed by atoms with Gasteiger partial charge in [-0.1, -0.05) is 35.9 Å². The fraction of sp³-hybridized carbons (Fsp3) is 0.250. The maximum atomic E-state index is 13.0. The monoisotopic (exact) mass is 484 g/mol. The van der Waals surface area contributed by atoms with Crippen molar-refractivity contribution >= 4 is 40.4 Å². The van der Waals surface area contributed by atoms with Crippen LogP contribution in [0.2, 0.25) is 0 Å². The summed E-state index contributed by atoms with van der Waals surface area (Å²) in [6, 6.07) is 15.5. The highest BCUT2D eigenvalue weighted by Gasteiger charge is 2.33. The lowest BCUT2D eigenvalue weighted by Gasteiger charge is -2.11. The molecule has 3 aromatic heterocycles. The zero-order valence-electron chi connectivity index (χ0n) is 20.3. The van der Waals surface area contributed by atoms with Gasteiger partial charge in [0.1, 0.15) is 11.4 Å². The summed E-state index contributed by atoms with van der Waals surface area (Å²) in [5, 5.41) is 7.06. The minimum Gasteiger partial charge on any atom is -0.465 e. The first kappa shape index (κ1) is 23.4.